The van der Waals surface area contributed by atoms with Gasteiger partial charge in [-0.2, -0.15) is 0 Å². The summed E-state index contributed by atoms with van der Waals surface area (Å²) in [5, 5.41) is 2.99. The molecule has 0 fully saturated rings. The average molecular weight is 575 g/mol. The van der Waals surface area contributed by atoms with Gasteiger partial charge in [-0.15, -0.1) is 0 Å². The van der Waals surface area contributed by atoms with Crippen LogP contribution < -0.4 is 5.32 Å². The molecule has 0 saturated carbocycles. The Morgan fingerprint density at radius 1 is 0.610 bits per heavy atom. The Morgan fingerprint density at radius 2 is 1.00 bits per heavy atom. The van der Waals surface area contributed by atoms with Crippen molar-refractivity contribution >= 4 is 6.09 Å². The number of rotatable bonds is 29. The fourth-order valence-electron chi connectivity index (χ4n) is 5.14. The third-order valence-electron chi connectivity index (χ3n) is 7.79. The van der Waals surface area contributed by atoms with Crippen molar-refractivity contribution in [2.45, 2.75) is 162 Å². The second kappa shape index (κ2) is 31.4. The van der Waals surface area contributed by atoms with E-state index in [-0.39, 0.29) is 12.2 Å². The maximum atomic E-state index is 12.8. The Hall–Kier alpha value is -1.55. The molecule has 0 radical (unpaired) electrons. The number of hydrogen-bond donors (Lipinski definition) is 1. The van der Waals surface area contributed by atoms with Gasteiger partial charge in [0.15, 0.2) is 0 Å². The van der Waals surface area contributed by atoms with Crippen LogP contribution in [0.5, 0.6) is 0 Å². The van der Waals surface area contributed by atoms with E-state index in [0.717, 1.165) is 51.5 Å². The van der Waals surface area contributed by atoms with E-state index in [1.54, 1.807) is 0 Å². The van der Waals surface area contributed by atoms with Crippen LogP contribution >= 0.6 is 0 Å². The number of allylic oxidation sites excluding steroid dienone is 6. The molecule has 0 bridgehead atoms. The summed E-state index contributed by atoms with van der Waals surface area (Å²) in [6.45, 7) is 8.22. The van der Waals surface area contributed by atoms with Gasteiger partial charge in [-0.25, -0.2) is 4.79 Å². The molecule has 0 aliphatic heterocycles. The van der Waals surface area contributed by atoms with Crippen molar-refractivity contribution in [3.63, 3.8) is 0 Å². The zero-order chi connectivity index (χ0) is 30.2. The summed E-state index contributed by atoms with van der Waals surface area (Å²) in [5.41, 5.74) is 0. The number of amides is 1. The molecule has 240 valence electrons. The molecule has 41 heavy (non-hydrogen) atoms. The summed E-state index contributed by atoms with van der Waals surface area (Å²) >= 11 is 0. The molecule has 0 aliphatic rings. The van der Waals surface area contributed by atoms with Gasteiger partial charge in [-0.3, -0.25) is 0 Å². The van der Waals surface area contributed by atoms with E-state index >= 15 is 0 Å². The number of unbranched alkanes of at least 4 members (excludes halogenated alkanes) is 12. The maximum absolute atomic E-state index is 12.8. The highest BCUT2D eigenvalue weighted by Gasteiger charge is 2.24. The van der Waals surface area contributed by atoms with Gasteiger partial charge in [0.1, 0.15) is 6.10 Å². The molecule has 0 aliphatic carbocycles. The van der Waals surface area contributed by atoms with Crippen LogP contribution in [0.4, 0.5) is 4.79 Å². The SMILES string of the molecule is CCCCC/C=C\CCCC(CCC/C=C/CCCCC)C(CCC/C=C/CCCCC)OC(=O)NCCN(C)C. The largest absolute Gasteiger partial charge is 0.446 e. The molecule has 0 heterocycles. The summed E-state index contributed by atoms with van der Waals surface area (Å²) in [7, 11) is 4.05. The van der Waals surface area contributed by atoms with Gasteiger partial charge in [0.25, 0.3) is 0 Å². The molecular weight excluding hydrogens is 504 g/mol. The minimum absolute atomic E-state index is 0.00934. The van der Waals surface area contributed by atoms with Crippen LogP contribution in [0.1, 0.15) is 156 Å². The Bertz CT molecular complexity index is 615. The van der Waals surface area contributed by atoms with E-state index in [1.165, 1.54) is 89.9 Å². The monoisotopic (exact) mass is 575 g/mol. The highest BCUT2D eigenvalue weighted by molar-refractivity contribution is 5.67. The molecule has 1 N–H and O–H groups in total. The molecule has 2 atom stereocenters. The first kappa shape index (κ1) is 39.5. The number of likely N-dealkylation sites (N-methyl/N-ethyl adjacent to an activating group) is 1. The molecule has 0 aromatic rings. The van der Waals surface area contributed by atoms with E-state index < -0.39 is 0 Å². The minimum atomic E-state index is -0.247. The van der Waals surface area contributed by atoms with Gasteiger partial charge in [0.2, 0.25) is 0 Å². The van der Waals surface area contributed by atoms with Crippen molar-refractivity contribution in [2.75, 3.05) is 27.2 Å². The van der Waals surface area contributed by atoms with Gasteiger partial charge in [0.05, 0.1) is 0 Å². The number of carbonyl (C=O) groups excluding carboxylic acids is 1. The first-order valence-corrected chi connectivity index (χ1v) is 17.6. The second-order valence-electron chi connectivity index (χ2n) is 12.1. The average Bonchev–Trinajstić information content (AvgIpc) is 2.95. The minimum Gasteiger partial charge on any atom is -0.446 e. The topological polar surface area (TPSA) is 41.6 Å². The molecular formula is C37H70N2O2. The van der Waals surface area contributed by atoms with Crippen molar-refractivity contribution in [1.29, 1.82) is 0 Å². The van der Waals surface area contributed by atoms with Crippen LogP contribution in [0, 0.1) is 5.92 Å². The first-order valence-electron chi connectivity index (χ1n) is 17.6. The molecule has 4 nitrogen and oxygen atoms in total. The van der Waals surface area contributed by atoms with Gasteiger partial charge >= 0.3 is 6.09 Å². The predicted molar refractivity (Wildman–Crippen MR) is 182 cm³/mol. The van der Waals surface area contributed by atoms with Crippen LogP contribution in [0.2, 0.25) is 0 Å². The highest BCUT2D eigenvalue weighted by atomic mass is 16.6. The normalized spacial score (nSPS) is 13.6. The third-order valence-corrected chi connectivity index (χ3v) is 7.79. The van der Waals surface area contributed by atoms with Crippen molar-refractivity contribution in [2.24, 2.45) is 5.92 Å². The lowest BCUT2D eigenvalue weighted by Crippen LogP contribution is -2.36. The summed E-state index contributed by atoms with van der Waals surface area (Å²) in [5.74, 6) is 0.421. The molecule has 1 amide bonds. The van der Waals surface area contributed by atoms with Gasteiger partial charge in [0, 0.05) is 13.1 Å². The van der Waals surface area contributed by atoms with E-state index in [2.05, 4.69) is 67.4 Å². The predicted octanol–water partition coefficient (Wildman–Crippen LogP) is 11.2. The van der Waals surface area contributed by atoms with Crippen molar-refractivity contribution in [3.05, 3.63) is 36.5 Å². The van der Waals surface area contributed by atoms with E-state index in [0.29, 0.717) is 12.5 Å². The zero-order valence-corrected chi connectivity index (χ0v) is 28.1. The lowest BCUT2D eigenvalue weighted by atomic mass is 9.87. The van der Waals surface area contributed by atoms with Crippen molar-refractivity contribution in [3.8, 4) is 0 Å². The van der Waals surface area contributed by atoms with Crippen LogP contribution in [-0.4, -0.2) is 44.3 Å². The number of nitrogens with zero attached hydrogens (tertiary/aromatic N) is 1. The number of ether oxygens (including phenoxy) is 1. The standard InChI is InChI=1S/C37H70N2O2/c1-6-9-12-15-18-21-24-27-30-35(31-28-25-22-19-16-13-10-7-2)36(41-37(40)38-33-34-39(4)5)32-29-26-23-20-17-14-11-8-3/h18-23,35-36H,6-17,24-34H2,1-5H3,(H,38,40)/b21-18-,22-19+,23-20+. The van der Waals surface area contributed by atoms with E-state index in [4.69, 9.17) is 4.74 Å². The smallest absolute Gasteiger partial charge is 0.407 e. The summed E-state index contributed by atoms with van der Waals surface area (Å²) < 4.78 is 6.17. The van der Waals surface area contributed by atoms with Gasteiger partial charge in [-0.05, 0) is 116 Å². The van der Waals surface area contributed by atoms with Crippen LogP contribution in [0.15, 0.2) is 36.5 Å². The van der Waals surface area contributed by atoms with Crippen LogP contribution in [0.25, 0.3) is 0 Å². The van der Waals surface area contributed by atoms with E-state index in [1.807, 2.05) is 14.1 Å². The molecule has 0 aromatic carbocycles. The molecule has 0 spiro atoms. The summed E-state index contributed by atoms with van der Waals surface area (Å²) in [4.78, 5) is 14.9. The number of nitrogens with one attached hydrogen (secondary N) is 1. The molecule has 4 heteroatoms. The Balaban J connectivity index is 5.11. The number of alkyl carbamates (subject to hydrolysis) is 1. The fraction of sp³-hybridized carbons (Fsp3) is 0.811. The van der Waals surface area contributed by atoms with Crippen molar-refractivity contribution in [1.82, 2.24) is 10.2 Å². The Labute approximate surface area is 256 Å². The second-order valence-corrected chi connectivity index (χ2v) is 12.1. The van der Waals surface area contributed by atoms with Gasteiger partial charge < -0.3 is 15.0 Å². The van der Waals surface area contributed by atoms with E-state index in [9.17, 15) is 4.79 Å². The quantitative estimate of drug-likeness (QED) is 0.0713. The molecule has 0 rings (SSSR count). The third kappa shape index (κ3) is 28.3. The molecule has 2 unspecified atom stereocenters. The summed E-state index contributed by atoms with van der Waals surface area (Å²) in [6.07, 6.45) is 39.1. The Morgan fingerprint density at radius 3 is 1.39 bits per heavy atom. The summed E-state index contributed by atoms with van der Waals surface area (Å²) in [6, 6.07) is 0. The van der Waals surface area contributed by atoms with Crippen LogP contribution in [0.3, 0.4) is 0 Å². The Kier molecular flexibility index (Phi) is 30.2. The van der Waals surface area contributed by atoms with Gasteiger partial charge in [-0.1, -0.05) is 95.8 Å². The van der Waals surface area contributed by atoms with Crippen molar-refractivity contribution < 1.29 is 9.53 Å². The fourth-order valence-corrected chi connectivity index (χ4v) is 5.14. The molecule has 0 aromatic heterocycles. The molecule has 0 saturated heterocycles. The lowest BCUT2D eigenvalue weighted by molar-refractivity contribution is 0.0473. The number of carbonyl (C=O) groups is 1. The zero-order valence-electron chi connectivity index (χ0n) is 28.1. The lowest BCUT2D eigenvalue weighted by Gasteiger charge is -2.27. The maximum Gasteiger partial charge on any atom is 0.407 e. The first-order chi connectivity index (χ1) is 20.0. The highest BCUT2D eigenvalue weighted by Crippen LogP contribution is 2.27. The number of hydrogen-bond acceptors (Lipinski definition) is 3. The van der Waals surface area contributed by atoms with Crippen LogP contribution in [-0.2, 0) is 4.74 Å².